The van der Waals surface area contributed by atoms with E-state index in [1.807, 2.05) is 18.2 Å². The summed E-state index contributed by atoms with van der Waals surface area (Å²) in [6, 6.07) is 10.3. The molecule has 0 aliphatic heterocycles. The van der Waals surface area contributed by atoms with Crippen LogP contribution < -0.4 is 5.32 Å². The molecule has 0 saturated heterocycles. The first-order valence-electron chi connectivity index (χ1n) is 11.0. The number of hydrogen-bond acceptors (Lipinski definition) is 4. The predicted molar refractivity (Wildman–Crippen MR) is 115 cm³/mol. The molecule has 29 heavy (non-hydrogen) atoms. The van der Waals surface area contributed by atoms with Crippen LogP contribution in [0.4, 0.5) is 0 Å². The monoisotopic (exact) mass is 410 g/mol. The van der Waals surface area contributed by atoms with Crippen LogP contribution in [0.25, 0.3) is 0 Å². The van der Waals surface area contributed by atoms with Crippen molar-refractivity contribution in [2.75, 3.05) is 5.75 Å². The van der Waals surface area contributed by atoms with Gasteiger partial charge in [0.05, 0.1) is 5.75 Å². The molecule has 1 aromatic heterocycles. The molecular formula is C23H30N4OS. The minimum atomic E-state index is 0.0866. The van der Waals surface area contributed by atoms with E-state index in [1.165, 1.54) is 55.9 Å². The largest absolute Gasteiger partial charge is 0.350 e. The van der Waals surface area contributed by atoms with Gasteiger partial charge in [-0.1, -0.05) is 42.1 Å². The first kappa shape index (κ1) is 19.2. The number of thioether (sulfide) groups is 1. The standard InChI is InChI=1S/C23H30N4OS/c1-2-27-20(11-16-6-4-3-5-7-16)25-26-22(27)29-15-21(28)24-23-12-17-8-18(13-23)10-19(9-17)14-23/h3-7,17-19H,2,8-15H2,1H3,(H,24,28). The van der Waals surface area contributed by atoms with E-state index in [-0.39, 0.29) is 11.4 Å². The molecule has 0 unspecified atom stereocenters. The second-order valence-corrected chi connectivity index (χ2v) is 10.3. The zero-order valence-corrected chi connectivity index (χ0v) is 18.0. The summed E-state index contributed by atoms with van der Waals surface area (Å²) in [5.41, 5.74) is 1.31. The van der Waals surface area contributed by atoms with Crippen LogP contribution in [0.2, 0.25) is 0 Å². The number of benzene rings is 1. The molecule has 4 saturated carbocycles. The molecule has 1 heterocycles. The van der Waals surface area contributed by atoms with Crippen molar-refractivity contribution in [1.29, 1.82) is 0 Å². The van der Waals surface area contributed by atoms with E-state index >= 15 is 0 Å². The summed E-state index contributed by atoms with van der Waals surface area (Å²) in [6.07, 6.45) is 8.54. The Hall–Kier alpha value is -1.82. The Balaban J connectivity index is 1.21. The van der Waals surface area contributed by atoms with Gasteiger partial charge in [-0.15, -0.1) is 10.2 Å². The lowest BCUT2D eigenvalue weighted by Gasteiger charge is -2.56. The first-order valence-corrected chi connectivity index (χ1v) is 12.0. The van der Waals surface area contributed by atoms with E-state index in [4.69, 9.17) is 0 Å². The Bertz CT molecular complexity index is 843. The predicted octanol–water partition coefficient (Wildman–Crippen LogP) is 4.07. The minimum absolute atomic E-state index is 0.0866. The summed E-state index contributed by atoms with van der Waals surface area (Å²) >= 11 is 1.52. The van der Waals surface area contributed by atoms with Crippen molar-refractivity contribution >= 4 is 17.7 Å². The number of aromatic nitrogens is 3. The number of amides is 1. The molecule has 0 radical (unpaired) electrons. The average molecular weight is 411 g/mol. The Kier molecular flexibility index (Phi) is 5.14. The number of hydrogen-bond donors (Lipinski definition) is 1. The number of nitrogens with one attached hydrogen (secondary N) is 1. The highest BCUT2D eigenvalue weighted by molar-refractivity contribution is 7.99. The summed E-state index contributed by atoms with van der Waals surface area (Å²) in [4.78, 5) is 12.8. The van der Waals surface area contributed by atoms with Crippen molar-refractivity contribution in [3.05, 3.63) is 41.7 Å². The molecule has 4 bridgehead atoms. The van der Waals surface area contributed by atoms with Crippen molar-refractivity contribution in [2.24, 2.45) is 17.8 Å². The third-order valence-electron chi connectivity index (χ3n) is 7.09. The van der Waals surface area contributed by atoms with Crippen LogP contribution in [-0.2, 0) is 17.8 Å². The fourth-order valence-corrected chi connectivity index (χ4v) is 7.20. The van der Waals surface area contributed by atoms with Gasteiger partial charge in [-0.2, -0.15) is 0 Å². The average Bonchev–Trinajstić information content (AvgIpc) is 3.07. The maximum absolute atomic E-state index is 12.8. The number of nitrogens with zero attached hydrogens (tertiary/aromatic N) is 3. The summed E-state index contributed by atoms with van der Waals surface area (Å²) in [6.45, 7) is 2.92. The fourth-order valence-electron chi connectivity index (χ4n) is 6.38. The molecule has 1 amide bonds. The summed E-state index contributed by atoms with van der Waals surface area (Å²) in [5.74, 6) is 4.08. The van der Waals surface area contributed by atoms with Gasteiger partial charge in [-0.05, 0) is 68.8 Å². The van der Waals surface area contributed by atoms with E-state index < -0.39 is 0 Å². The Labute approximate surface area is 177 Å². The third-order valence-corrected chi connectivity index (χ3v) is 8.06. The third kappa shape index (κ3) is 3.96. The second kappa shape index (κ2) is 7.78. The van der Waals surface area contributed by atoms with Gasteiger partial charge >= 0.3 is 0 Å². The van der Waals surface area contributed by atoms with Gasteiger partial charge in [0, 0.05) is 18.5 Å². The lowest BCUT2D eigenvalue weighted by Crippen LogP contribution is -2.60. The molecular weight excluding hydrogens is 380 g/mol. The van der Waals surface area contributed by atoms with E-state index in [0.29, 0.717) is 5.75 Å². The van der Waals surface area contributed by atoms with Crippen LogP contribution in [-0.4, -0.2) is 32.0 Å². The number of rotatable bonds is 7. The van der Waals surface area contributed by atoms with E-state index in [0.717, 1.165) is 41.7 Å². The van der Waals surface area contributed by atoms with Crippen molar-refractivity contribution in [1.82, 2.24) is 20.1 Å². The van der Waals surface area contributed by atoms with Crippen LogP contribution in [0.3, 0.4) is 0 Å². The van der Waals surface area contributed by atoms with Crippen LogP contribution in [0, 0.1) is 17.8 Å². The van der Waals surface area contributed by atoms with Crippen molar-refractivity contribution in [3.63, 3.8) is 0 Å². The summed E-state index contributed by atoms with van der Waals surface area (Å²) < 4.78 is 2.13. The summed E-state index contributed by atoms with van der Waals surface area (Å²) in [7, 11) is 0. The first-order chi connectivity index (χ1) is 14.1. The Morgan fingerprint density at radius 2 is 1.76 bits per heavy atom. The summed E-state index contributed by atoms with van der Waals surface area (Å²) in [5, 5.41) is 13.1. The smallest absolute Gasteiger partial charge is 0.230 e. The molecule has 2 aromatic rings. The molecule has 4 aliphatic carbocycles. The van der Waals surface area contributed by atoms with Gasteiger partial charge in [-0.25, -0.2) is 0 Å². The fraction of sp³-hybridized carbons (Fsp3) is 0.609. The minimum Gasteiger partial charge on any atom is -0.350 e. The van der Waals surface area contributed by atoms with Gasteiger partial charge in [0.2, 0.25) is 5.91 Å². The number of carbonyl (C=O) groups is 1. The highest BCUT2D eigenvalue weighted by Crippen LogP contribution is 2.55. The van der Waals surface area contributed by atoms with Gasteiger partial charge in [0.25, 0.3) is 0 Å². The Morgan fingerprint density at radius 1 is 1.10 bits per heavy atom. The maximum atomic E-state index is 12.8. The zero-order valence-electron chi connectivity index (χ0n) is 17.1. The maximum Gasteiger partial charge on any atom is 0.230 e. The van der Waals surface area contributed by atoms with Gasteiger partial charge < -0.3 is 9.88 Å². The molecule has 1 aromatic carbocycles. The van der Waals surface area contributed by atoms with Gasteiger partial charge in [-0.3, -0.25) is 4.79 Å². The molecule has 6 rings (SSSR count). The zero-order chi connectivity index (χ0) is 19.8. The van der Waals surface area contributed by atoms with Gasteiger partial charge in [0.15, 0.2) is 5.16 Å². The van der Waals surface area contributed by atoms with Crippen LogP contribution in [0.1, 0.15) is 56.8 Å². The van der Waals surface area contributed by atoms with Crippen molar-refractivity contribution in [2.45, 2.75) is 69.1 Å². The van der Waals surface area contributed by atoms with E-state index in [9.17, 15) is 4.79 Å². The Morgan fingerprint density at radius 3 is 2.38 bits per heavy atom. The molecule has 0 spiro atoms. The molecule has 4 fully saturated rings. The molecule has 6 heteroatoms. The molecule has 1 N–H and O–H groups in total. The molecule has 5 nitrogen and oxygen atoms in total. The van der Waals surface area contributed by atoms with Gasteiger partial charge in [0.1, 0.15) is 5.82 Å². The van der Waals surface area contributed by atoms with Crippen LogP contribution in [0.15, 0.2) is 35.5 Å². The SMILES string of the molecule is CCn1c(Cc2ccccc2)nnc1SCC(=O)NC12CC3CC(CC(C3)C1)C2. The molecule has 154 valence electrons. The van der Waals surface area contributed by atoms with E-state index in [1.54, 1.807) is 0 Å². The lowest BCUT2D eigenvalue weighted by molar-refractivity contribution is -0.124. The van der Waals surface area contributed by atoms with Crippen molar-refractivity contribution in [3.8, 4) is 0 Å². The van der Waals surface area contributed by atoms with Crippen LogP contribution >= 0.6 is 11.8 Å². The highest BCUT2D eigenvalue weighted by Gasteiger charge is 2.51. The highest BCUT2D eigenvalue weighted by atomic mass is 32.2. The normalized spacial score (nSPS) is 29.9. The lowest BCUT2D eigenvalue weighted by atomic mass is 9.53. The van der Waals surface area contributed by atoms with Crippen molar-refractivity contribution < 1.29 is 4.79 Å². The quantitative estimate of drug-likeness (QED) is 0.699. The number of carbonyl (C=O) groups excluding carboxylic acids is 1. The van der Waals surface area contributed by atoms with E-state index in [2.05, 4.69) is 39.1 Å². The molecule has 0 atom stereocenters. The second-order valence-electron chi connectivity index (χ2n) is 9.34. The van der Waals surface area contributed by atoms with Crippen LogP contribution in [0.5, 0.6) is 0 Å². The topological polar surface area (TPSA) is 59.8 Å². The molecule has 4 aliphatic rings.